The zero-order chi connectivity index (χ0) is 14.0. The quantitative estimate of drug-likeness (QED) is 0.838. The number of amides is 1. The largest absolute Gasteiger partial charge is 0.454 e. The Morgan fingerprint density at radius 3 is 2.63 bits per heavy atom. The molecule has 2 rings (SSSR count). The normalized spacial score (nSPS) is 14.6. The third kappa shape index (κ3) is 3.00. The van der Waals surface area contributed by atoms with Gasteiger partial charge in [0.05, 0.1) is 0 Å². The second-order valence-corrected chi connectivity index (χ2v) is 5.46. The molecule has 0 N–H and O–H groups in total. The lowest BCUT2D eigenvalue weighted by Crippen LogP contribution is -2.35. The van der Waals surface area contributed by atoms with E-state index in [2.05, 4.69) is 20.8 Å². The summed E-state index contributed by atoms with van der Waals surface area (Å²) in [5.74, 6) is 1.94. The summed E-state index contributed by atoms with van der Waals surface area (Å²) in [7, 11) is 1.85. The van der Waals surface area contributed by atoms with Crippen LogP contribution in [-0.2, 0) is 0 Å². The number of ether oxygens (including phenoxy) is 2. The summed E-state index contributed by atoms with van der Waals surface area (Å²) in [6, 6.07) is 5.55. The Labute approximate surface area is 114 Å². The molecule has 1 heterocycles. The van der Waals surface area contributed by atoms with Gasteiger partial charge in [0.1, 0.15) is 0 Å². The van der Waals surface area contributed by atoms with E-state index in [0.717, 1.165) is 6.42 Å². The number of carbonyl (C=O) groups is 1. The minimum absolute atomic E-state index is 0.0199. The standard InChI is InChI=1S/C15H21NO3/c1-10(2)7-11(3)16(4)15(17)12-5-6-13-14(8-12)19-9-18-13/h5-6,8,10-11H,7,9H2,1-4H3/t11-/m0/s1. The lowest BCUT2D eigenvalue weighted by molar-refractivity contribution is 0.0728. The summed E-state index contributed by atoms with van der Waals surface area (Å²) < 4.78 is 10.5. The van der Waals surface area contributed by atoms with Gasteiger partial charge in [-0.05, 0) is 37.5 Å². The second kappa shape index (κ2) is 5.51. The van der Waals surface area contributed by atoms with E-state index in [1.165, 1.54) is 0 Å². The zero-order valence-electron chi connectivity index (χ0n) is 12.0. The van der Waals surface area contributed by atoms with Crippen LogP contribution in [0.15, 0.2) is 18.2 Å². The molecule has 104 valence electrons. The van der Waals surface area contributed by atoms with E-state index in [-0.39, 0.29) is 18.7 Å². The number of hydrogen-bond acceptors (Lipinski definition) is 3. The molecule has 4 nitrogen and oxygen atoms in total. The average Bonchev–Trinajstić information content (AvgIpc) is 2.83. The van der Waals surface area contributed by atoms with Crippen molar-refractivity contribution in [3.63, 3.8) is 0 Å². The first kappa shape index (κ1) is 13.7. The van der Waals surface area contributed by atoms with Gasteiger partial charge in [0.15, 0.2) is 11.5 Å². The molecular formula is C15H21NO3. The molecule has 19 heavy (non-hydrogen) atoms. The maximum atomic E-state index is 12.4. The molecule has 0 spiro atoms. The predicted octanol–water partition coefficient (Wildman–Crippen LogP) is 2.92. The van der Waals surface area contributed by atoms with Gasteiger partial charge in [0.25, 0.3) is 5.91 Å². The van der Waals surface area contributed by atoms with Gasteiger partial charge in [-0.1, -0.05) is 13.8 Å². The van der Waals surface area contributed by atoms with Crippen LogP contribution in [0.2, 0.25) is 0 Å². The fourth-order valence-electron chi connectivity index (χ4n) is 2.27. The molecular weight excluding hydrogens is 242 g/mol. The number of hydrogen-bond donors (Lipinski definition) is 0. The molecule has 1 aliphatic rings. The van der Waals surface area contributed by atoms with Gasteiger partial charge in [-0.2, -0.15) is 0 Å². The van der Waals surface area contributed by atoms with Crippen molar-refractivity contribution in [2.45, 2.75) is 33.2 Å². The molecule has 1 aromatic carbocycles. The van der Waals surface area contributed by atoms with Crippen LogP contribution in [0.5, 0.6) is 11.5 Å². The van der Waals surface area contributed by atoms with Crippen LogP contribution in [0.25, 0.3) is 0 Å². The van der Waals surface area contributed by atoms with Crippen LogP contribution in [0, 0.1) is 5.92 Å². The molecule has 0 aromatic heterocycles. The average molecular weight is 263 g/mol. The Bertz CT molecular complexity index is 470. The Morgan fingerprint density at radius 2 is 1.95 bits per heavy atom. The fourth-order valence-corrected chi connectivity index (χ4v) is 2.27. The number of carbonyl (C=O) groups excluding carboxylic acids is 1. The van der Waals surface area contributed by atoms with Gasteiger partial charge in [0.2, 0.25) is 6.79 Å². The number of nitrogens with zero attached hydrogens (tertiary/aromatic N) is 1. The summed E-state index contributed by atoms with van der Waals surface area (Å²) in [5, 5.41) is 0. The highest BCUT2D eigenvalue weighted by atomic mass is 16.7. The van der Waals surface area contributed by atoms with E-state index in [9.17, 15) is 4.79 Å². The van der Waals surface area contributed by atoms with Crippen molar-refractivity contribution in [2.24, 2.45) is 5.92 Å². The summed E-state index contributed by atoms with van der Waals surface area (Å²) in [5.41, 5.74) is 0.641. The molecule has 4 heteroatoms. The van der Waals surface area contributed by atoms with Gasteiger partial charge in [-0.25, -0.2) is 0 Å². The molecule has 0 fully saturated rings. The van der Waals surface area contributed by atoms with Crippen LogP contribution < -0.4 is 9.47 Å². The molecule has 0 aliphatic carbocycles. The number of fused-ring (bicyclic) bond motifs is 1. The Balaban J connectivity index is 2.11. The molecule has 1 atom stereocenters. The molecule has 1 amide bonds. The fraction of sp³-hybridized carbons (Fsp3) is 0.533. The Kier molecular flexibility index (Phi) is 3.98. The molecule has 0 saturated carbocycles. The third-order valence-electron chi connectivity index (χ3n) is 3.41. The van der Waals surface area contributed by atoms with Gasteiger partial charge < -0.3 is 14.4 Å². The van der Waals surface area contributed by atoms with E-state index in [0.29, 0.717) is 23.0 Å². The van der Waals surface area contributed by atoms with Gasteiger partial charge in [-0.3, -0.25) is 4.79 Å². The van der Waals surface area contributed by atoms with E-state index in [1.54, 1.807) is 23.1 Å². The first-order chi connectivity index (χ1) is 8.99. The second-order valence-electron chi connectivity index (χ2n) is 5.46. The van der Waals surface area contributed by atoms with E-state index in [4.69, 9.17) is 9.47 Å². The minimum atomic E-state index is 0.0199. The van der Waals surface area contributed by atoms with Crippen LogP contribution in [-0.4, -0.2) is 30.7 Å². The first-order valence-electron chi connectivity index (χ1n) is 6.66. The van der Waals surface area contributed by atoms with Crippen LogP contribution in [0.4, 0.5) is 0 Å². The van der Waals surface area contributed by atoms with E-state index >= 15 is 0 Å². The summed E-state index contributed by atoms with van der Waals surface area (Å²) in [6.07, 6.45) is 0.993. The maximum Gasteiger partial charge on any atom is 0.253 e. The van der Waals surface area contributed by atoms with Crippen molar-refractivity contribution >= 4 is 5.91 Å². The SMILES string of the molecule is CC(C)C[C@H](C)N(C)C(=O)c1ccc2c(c1)OCO2. The Hall–Kier alpha value is -1.71. The third-order valence-corrected chi connectivity index (χ3v) is 3.41. The molecule has 1 aliphatic heterocycles. The van der Waals surface area contributed by atoms with Crippen LogP contribution >= 0.6 is 0 Å². The van der Waals surface area contributed by atoms with E-state index in [1.807, 2.05) is 7.05 Å². The smallest absolute Gasteiger partial charge is 0.253 e. The van der Waals surface area contributed by atoms with Crippen LogP contribution in [0.3, 0.4) is 0 Å². The highest BCUT2D eigenvalue weighted by Crippen LogP contribution is 2.32. The first-order valence-corrected chi connectivity index (χ1v) is 6.66. The van der Waals surface area contributed by atoms with Crippen molar-refractivity contribution in [1.82, 2.24) is 4.90 Å². The summed E-state index contributed by atoms with van der Waals surface area (Å²) in [6.45, 7) is 6.63. The van der Waals surface area contributed by atoms with E-state index < -0.39 is 0 Å². The van der Waals surface area contributed by atoms with Crippen molar-refractivity contribution in [3.05, 3.63) is 23.8 Å². The molecule has 0 radical (unpaired) electrons. The topological polar surface area (TPSA) is 38.8 Å². The zero-order valence-corrected chi connectivity index (χ0v) is 12.0. The predicted molar refractivity (Wildman–Crippen MR) is 73.6 cm³/mol. The van der Waals surface area contributed by atoms with Gasteiger partial charge >= 0.3 is 0 Å². The van der Waals surface area contributed by atoms with Gasteiger partial charge in [-0.15, -0.1) is 0 Å². The number of rotatable bonds is 4. The van der Waals surface area contributed by atoms with Crippen LogP contribution in [0.1, 0.15) is 37.6 Å². The van der Waals surface area contributed by atoms with Crippen molar-refractivity contribution in [3.8, 4) is 11.5 Å². The van der Waals surface area contributed by atoms with Gasteiger partial charge in [0, 0.05) is 18.7 Å². The minimum Gasteiger partial charge on any atom is -0.454 e. The molecule has 0 bridgehead atoms. The number of benzene rings is 1. The van der Waals surface area contributed by atoms with Crippen molar-refractivity contribution in [1.29, 1.82) is 0 Å². The molecule has 0 saturated heterocycles. The van der Waals surface area contributed by atoms with Crippen molar-refractivity contribution in [2.75, 3.05) is 13.8 Å². The maximum absolute atomic E-state index is 12.4. The summed E-state index contributed by atoms with van der Waals surface area (Å²) >= 11 is 0. The monoisotopic (exact) mass is 263 g/mol. The lowest BCUT2D eigenvalue weighted by Gasteiger charge is -2.26. The molecule has 1 aromatic rings. The highest BCUT2D eigenvalue weighted by Gasteiger charge is 2.21. The van der Waals surface area contributed by atoms with Crippen molar-refractivity contribution < 1.29 is 14.3 Å². The summed E-state index contributed by atoms with van der Waals surface area (Å²) in [4.78, 5) is 14.2. The Morgan fingerprint density at radius 1 is 1.26 bits per heavy atom. The lowest BCUT2D eigenvalue weighted by atomic mass is 10.0. The molecule has 0 unspecified atom stereocenters. The highest BCUT2D eigenvalue weighted by molar-refractivity contribution is 5.95.